The van der Waals surface area contributed by atoms with Crippen molar-refractivity contribution in [3.05, 3.63) is 0 Å². The van der Waals surface area contributed by atoms with E-state index in [0.29, 0.717) is 0 Å². The van der Waals surface area contributed by atoms with E-state index in [1.54, 1.807) is 0 Å². The second kappa shape index (κ2) is 2.21. The van der Waals surface area contributed by atoms with E-state index >= 15 is 0 Å². The van der Waals surface area contributed by atoms with Crippen molar-refractivity contribution in [1.82, 2.24) is 5.09 Å². The Morgan fingerprint density at radius 1 is 1.44 bits per heavy atom. The average Bonchev–Trinajstić information content (AvgIpc) is 1.87. The van der Waals surface area contributed by atoms with Crippen LogP contribution in [-0.2, 0) is 0 Å². The molecule has 1 unspecified atom stereocenters. The molecule has 1 saturated heterocycles. The zero-order valence-corrected chi connectivity index (χ0v) is 7.86. The molecule has 0 aromatic rings. The van der Waals surface area contributed by atoms with Crippen molar-refractivity contribution in [2.45, 2.75) is 19.5 Å². The molecule has 0 aliphatic carbocycles. The molecule has 0 amide bonds. The number of nitrogens with one attached hydrogen (secondary N) is 1. The predicted molar refractivity (Wildman–Crippen MR) is 46.8 cm³/mol. The summed E-state index contributed by atoms with van der Waals surface area (Å²) in [4.78, 5) is 0. The summed E-state index contributed by atoms with van der Waals surface area (Å²) in [7, 11) is 1.23. The van der Waals surface area contributed by atoms with Crippen LogP contribution in [0.25, 0.3) is 0 Å². The maximum absolute atomic E-state index is 3.50. The third-order valence-corrected chi connectivity index (χ3v) is 8.39. The third-order valence-electron chi connectivity index (χ3n) is 3.18. The Balaban J connectivity index is 2.48. The maximum atomic E-state index is 3.50. The molecule has 9 heavy (non-hydrogen) atoms. The molecule has 1 rings (SSSR count). The van der Waals surface area contributed by atoms with E-state index in [1.807, 2.05) is 0 Å². The molecule has 1 fully saturated rings. The Bertz CT molecular complexity index is 115. The van der Waals surface area contributed by atoms with Gasteiger partial charge in [-0.3, -0.25) is 0 Å². The van der Waals surface area contributed by atoms with Gasteiger partial charge >= 0.3 is 57.8 Å². The molecule has 2 heteroatoms. The summed E-state index contributed by atoms with van der Waals surface area (Å²) in [6.45, 7) is 7.19. The van der Waals surface area contributed by atoms with Gasteiger partial charge in [-0.05, 0) is 0 Å². The first kappa shape index (κ1) is 7.50. The first-order chi connectivity index (χ1) is 4.10. The van der Waals surface area contributed by atoms with Crippen molar-refractivity contribution in [2.75, 3.05) is 19.9 Å². The van der Waals surface area contributed by atoms with Crippen LogP contribution in [0.4, 0.5) is 0 Å². The minimum atomic E-state index is -0.887. The molecule has 1 nitrogen and oxygen atoms in total. The molecule has 56 valence electrons. The van der Waals surface area contributed by atoms with Gasteiger partial charge in [-0.25, -0.2) is 0 Å². The van der Waals surface area contributed by atoms with Crippen LogP contribution in [0.2, 0.25) is 0 Å². The molecule has 0 spiro atoms. The van der Waals surface area contributed by atoms with Crippen LogP contribution in [0.5, 0.6) is 0 Å². The summed E-state index contributed by atoms with van der Waals surface area (Å²) in [6.07, 6.45) is 1.48. The normalized spacial score (nSPS) is 43.6. The molecule has 1 aliphatic heterocycles. The molecule has 1 heterocycles. The standard InChI is InChI=1S/C7H18NP/c1-6-5-9(4,8-3)7(6)2/h6-9H,5H2,1-4H3/t6?,7-/m0/s1. The third kappa shape index (κ3) is 1.01. The van der Waals surface area contributed by atoms with E-state index in [4.69, 9.17) is 0 Å². The Labute approximate surface area is 58.6 Å². The fraction of sp³-hybridized carbons (Fsp3) is 1.00. The van der Waals surface area contributed by atoms with Crippen LogP contribution in [0.1, 0.15) is 13.8 Å². The van der Waals surface area contributed by atoms with Crippen LogP contribution >= 0.6 is 7.41 Å². The average molecular weight is 147 g/mol. The van der Waals surface area contributed by atoms with Crippen molar-refractivity contribution in [3.63, 3.8) is 0 Å². The van der Waals surface area contributed by atoms with E-state index in [1.165, 1.54) is 6.16 Å². The van der Waals surface area contributed by atoms with Crippen LogP contribution in [0, 0.1) is 5.92 Å². The van der Waals surface area contributed by atoms with Gasteiger partial charge in [0.1, 0.15) is 0 Å². The Morgan fingerprint density at radius 2 is 2.00 bits per heavy atom. The first-order valence-electron chi connectivity index (χ1n) is 3.79. The van der Waals surface area contributed by atoms with Gasteiger partial charge in [0.05, 0.1) is 0 Å². The van der Waals surface area contributed by atoms with Gasteiger partial charge in [-0.2, -0.15) is 0 Å². The zero-order valence-electron chi connectivity index (χ0n) is 6.86. The van der Waals surface area contributed by atoms with Crippen LogP contribution in [-0.4, -0.2) is 25.5 Å². The topological polar surface area (TPSA) is 12.0 Å². The van der Waals surface area contributed by atoms with E-state index in [0.717, 1.165) is 11.6 Å². The van der Waals surface area contributed by atoms with Gasteiger partial charge in [-0.15, -0.1) is 0 Å². The van der Waals surface area contributed by atoms with Gasteiger partial charge in [0.2, 0.25) is 0 Å². The van der Waals surface area contributed by atoms with Crippen LogP contribution in [0.3, 0.4) is 0 Å². The molecule has 1 N–H and O–H groups in total. The molecular weight excluding hydrogens is 129 g/mol. The number of hydrogen-bond acceptors (Lipinski definition) is 1. The molecule has 2 atom stereocenters. The van der Waals surface area contributed by atoms with Crippen LogP contribution in [0.15, 0.2) is 0 Å². The molecule has 0 aromatic carbocycles. The summed E-state index contributed by atoms with van der Waals surface area (Å²) < 4.78 is 0. The fourth-order valence-corrected chi connectivity index (χ4v) is 5.49. The summed E-state index contributed by atoms with van der Waals surface area (Å²) in [5.41, 5.74) is 0.988. The van der Waals surface area contributed by atoms with Gasteiger partial charge in [0.15, 0.2) is 0 Å². The van der Waals surface area contributed by atoms with Crippen LogP contribution < -0.4 is 5.09 Å². The zero-order chi connectivity index (χ0) is 7.07. The second-order valence-electron chi connectivity index (χ2n) is 3.64. The monoisotopic (exact) mass is 147 g/mol. The minimum absolute atomic E-state index is 0.887. The quantitative estimate of drug-likeness (QED) is 0.555. The van der Waals surface area contributed by atoms with Gasteiger partial charge < -0.3 is 0 Å². The molecule has 0 radical (unpaired) electrons. The van der Waals surface area contributed by atoms with E-state index in [2.05, 4.69) is 32.6 Å². The Hall–Kier alpha value is 0.390. The molecular formula is C7H18NP. The summed E-state index contributed by atoms with van der Waals surface area (Å²) in [5.74, 6) is 0.981. The van der Waals surface area contributed by atoms with Gasteiger partial charge in [-0.1, -0.05) is 0 Å². The second-order valence-corrected chi connectivity index (χ2v) is 8.29. The summed E-state index contributed by atoms with van der Waals surface area (Å²) >= 11 is 0. The first-order valence-corrected chi connectivity index (χ1v) is 6.57. The van der Waals surface area contributed by atoms with Gasteiger partial charge in [0, 0.05) is 0 Å². The van der Waals surface area contributed by atoms with E-state index in [-0.39, 0.29) is 0 Å². The Morgan fingerprint density at radius 3 is 2.11 bits per heavy atom. The van der Waals surface area contributed by atoms with E-state index < -0.39 is 7.41 Å². The van der Waals surface area contributed by atoms with Crippen molar-refractivity contribution in [1.29, 1.82) is 0 Å². The predicted octanol–water partition coefficient (Wildman–Crippen LogP) is 1.54. The Kier molecular flexibility index (Phi) is 1.84. The van der Waals surface area contributed by atoms with E-state index in [9.17, 15) is 0 Å². The molecule has 1 aliphatic rings. The van der Waals surface area contributed by atoms with Crippen molar-refractivity contribution < 1.29 is 0 Å². The van der Waals surface area contributed by atoms with Crippen molar-refractivity contribution >= 4 is 7.41 Å². The SMILES string of the molecule is CN[PH]1(C)CC(C)[C@@H]1C. The van der Waals surface area contributed by atoms with Crippen molar-refractivity contribution in [3.8, 4) is 0 Å². The summed E-state index contributed by atoms with van der Waals surface area (Å²) in [6, 6.07) is 0. The fourth-order valence-electron chi connectivity index (χ4n) is 1.83. The van der Waals surface area contributed by atoms with Crippen molar-refractivity contribution in [2.24, 2.45) is 5.92 Å². The number of hydrogen-bond donors (Lipinski definition) is 1. The van der Waals surface area contributed by atoms with Gasteiger partial charge in [0.25, 0.3) is 0 Å². The number of rotatable bonds is 1. The molecule has 0 saturated carbocycles. The molecule has 0 aromatic heterocycles. The molecule has 0 bridgehead atoms. The summed E-state index contributed by atoms with van der Waals surface area (Å²) in [5, 5.41) is 3.50.